The lowest BCUT2D eigenvalue weighted by molar-refractivity contribution is -0.157. The molecule has 188 valence electrons. The normalized spacial score (nSPS) is 15.5. The molecule has 0 unspecified atom stereocenters. The molecule has 11 heteroatoms. The molecule has 1 aliphatic heterocycles. The van der Waals surface area contributed by atoms with Crippen molar-refractivity contribution in [2.75, 3.05) is 9.79 Å². The molecule has 1 aliphatic rings. The lowest BCUT2D eigenvalue weighted by Gasteiger charge is -2.22. The Morgan fingerprint density at radius 2 is 1.63 bits per heavy atom. The Labute approximate surface area is 208 Å². The van der Waals surface area contributed by atoms with Gasteiger partial charge < -0.3 is 9.57 Å². The summed E-state index contributed by atoms with van der Waals surface area (Å²) in [6.45, 7) is 11.4. The SMILES string of the molecule is C/C(OC(=O)C(C)(C)C)=C1/C(=O)N(OC(=O)C(C)(C)C)c2cc(NS(=O)(=O)c3cccs3)ccc21. The number of hydroxylamine groups is 1. The van der Waals surface area contributed by atoms with Gasteiger partial charge in [0.1, 0.15) is 9.97 Å². The summed E-state index contributed by atoms with van der Waals surface area (Å²) < 4.78 is 33.4. The molecule has 1 aromatic heterocycles. The third kappa shape index (κ3) is 5.57. The number of rotatable bonds is 5. The molecular weight excluding hydrogens is 492 g/mol. The van der Waals surface area contributed by atoms with Gasteiger partial charge in [-0.2, -0.15) is 0 Å². The fraction of sp³-hybridized carbons (Fsp3) is 0.375. The first kappa shape index (κ1) is 26.4. The minimum absolute atomic E-state index is 0.0342. The highest BCUT2D eigenvalue weighted by atomic mass is 32.2. The highest BCUT2D eigenvalue weighted by molar-refractivity contribution is 7.94. The van der Waals surface area contributed by atoms with Gasteiger partial charge in [-0.25, -0.2) is 13.2 Å². The predicted molar refractivity (Wildman–Crippen MR) is 133 cm³/mol. The van der Waals surface area contributed by atoms with E-state index in [4.69, 9.17) is 9.57 Å². The molecule has 1 aromatic carbocycles. The summed E-state index contributed by atoms with van der Waals surface area (Å²) in [6.07, 6.45) is 0. The number of fused-ring (bicyclic) bond motifs is 1. The van der Waals surface area contributed by atoms with Crippen molar-refractivity contribution in [3.8, 4) is 0 Å². The number of amides is 1. The third-order valence-electron chi connectivity index (χ3n) is 4.89. The minimum atomic E-state index is -3.85. The standard InChI is InChI=1S/C24H28N2O7S2/c1-14(32-21(28)23(2,3)4)19-16-11-10-15(25-35(30,31)18-9-8-12-34-18)13-17(16)26(20(19)27)33-22(29)24(5,6)7/h8-13,25H,1-7H3/b19-14-. The molecule has 0 atom stereocenters. The van der Waals surface area contributed by atoms with E-state index in [2.05, 4.69) is 4.72 Å². The van der Waals surface area contributed by atoms with Gasteiger partial charge in [0.2, 0.25) is 0 Å². The number of esters is 1. The summed E-state index contributed by atoms with van der Waals surface area (Å²) in [5.74, 6) is -1.89. The number of hydrogen-bond acceptors (Lipinski definition) is 8. The van der Waals surface area contributed by atoms with Crippen molar-refractivity contribution in [3.63, 3.8) is 0 Å². The van der Waals surface area contributed by atoms with Crippen LogP contribution in [0.3, 0.4) is 0 Å². The Bertz CT molecular complexity index is 1310. The largest absolute Gasteiger partial charge is 0.430 e. The number of allylic oxidation sites excluding steroid dienone is 1. The molecule has 1 N–H and O–H groups in total. The van der Waals surface area contributed by atoms with Gasteiger partial charge in [0.05, 0.1) is 27.8 Å². The molecular formula is C24H28N2O7S2. The molecule has 1 amide bonds. The van der Waals surface area contributed by atoms with E-state index < -0.39 is 38.7 Å². The van der Waals surface area contributed by atoms with Crippen molar-refractivity contribution in [1.82, 2.24) is 0 Å². The van der Waals surface area contributed by atoms with E-state index >= 15 is 0 Å². The van der Waals surface area contributed by atoms with E-state index in [0.717, 1.165) is 16.4 Å². The van der Waals surface area contributed by atoms with E-state index in [9.17, 15) is 22.8 Å². The first-order valence-corrected chi connectivity index (χ1v) is 13.1. The van der Waals surface area contributed by atoms with Crippen molar-refractivity contribution in [1.29, 1.82) is 0 Å². The van der Waals surface area contributed by atoms with E-state index in [1.165, 1.54) is 31.2 Å². The second kappa shape index (κ2) is 9.12. The fourth-order valence-electron chi connectivity index (χ4n) is 2.92. The Morgan fingerprint density at radius 3 is 2.17 bits per heavy atom. The summed E-state index contributed by atoms with van der Waals surface area (Å²) in [7, 11) is -3.85. The van der Waals surface area contributed by atoms with Crippen molar-refractivity contribution in [2.24, 2.45) is 10.8 Å². The molecule has 0 aliphatic carbocycles. The summed E-state index contributed by atoms with van der Waals surface area (Å²) in [5.41, 5.74) is -1.07. The van der Waals surface area contributed by atoms with Crippen LogP contribution >= 0.6 is 11.3 Å². The number of thiophene rings is 1. The average molecular weight is 521 g/mol. The average Bonchev–Trinajstić information content (AvgIpc) is 3.34. The molecule has 2 heterocycles. The fourth-order valence-corrected chi connectivity index (χ4v) is 4.96. The second-order valence-corrected chi connectivity index (χ2v) is 12.9. The molecule has 0 radical (unpaired) electrons. The van der Waals surface area contributed by atoms with Crippen LogP contribution in [-0.2, 0) is 34.0 Å². The van der Waals surface area contributed by atoms with Gasteiger partial charge in [0, 0.05) is 5.56 Å². The Kier molecular flexibility index (Phi) is 6.89. The number of hydrogen-bond donors (Lipinski definition) is 1. The minimum Gasteiger partial charge on any atom is -0.430 e. The van der Waals surface area contributed by atoms with Gasteiger partial charge in [0.25, 0.3) is 15.9 Å². The molecule has 35 heavy (non-hydrogen) atoms. The first-order valence-electron chi connectivity index (χ1n) is 10.7. The van der Waals surface area contributed by atoms with Crippen molar-refractivity contribution >= 4 is 56.2 Å². The van der Waals surface area contributed by atoms with Gasteiger partial charge >= 0.3 is 11.9 Å². The van der Waals surface area contributed by atoms with Crippen molar-refractivity contribution in [2.45, 2.75) is 52.7 Å². The molecule has 3 rings (SSSR count). The molecule has 0 spiro atoms. The van der Waals surface area contributed by atoms with Gasteiger partial charge in [-0.15, -0.1) is 16.4 Å². The topological polar surface area (TPSA) is 119 Å². The summed E-state index contributed by atoms with van der Waals surface area (Å²) >= 11 is 1.06. The summed E-state index contributed by atoms with van der Waals surface area (Å²) in [6, 6.07) is 7.46. The van der Waals surface area contributed by atoms with Crippen LogP contribution in [-0.4, -0.2) is 26.3 Å². The van der Waals surface area contributed by atoms with Crippen LogP contribution in [0, 0.1) is 10.8 Å². The highest BCUT2D eigenvalue weighted by Gasteiger charge is 2.40. The van der Waals surface area contributed by atoms with Crippen LogP contribution in [0.25, 0.3) is 5.57 Å². The zero-order chi connectivity index (χ0) is 26.3. The monoisotopic (exact) mass is 520 g/mol. The van der Waals surface area contributed by atoms with Gasteiger partial charge in [-0.1, -0.05) is 6.07 Å². The summed E-state index contributed by atoms with van der Waals surface area (Å²) in [4.78, 5) is 43.8. The van der Waals surface area contributed by atoms with Crippen LogP contribution in [0.15, 0.2) is 45.7 Å². The zero-order valence-corrected chi connectivity index (χ0v) is 22.2. The quantitative estimate of drug-likeness (QED) is 0.344. The molecule has 9 nitrogen and oxygen atoms in total. The smallest absolute Gasteiger partial charge is 0.338 e. The highest BCUT2D eigenvalue weighted by Crippen LogP contribution is 2.42. The number of sulfonamides is 1. The van der Waals surface area contributed by atoms with Gasteiger partial charge in [-0.3, -0.25) is 14.3 Å². The zero-order valence-electron chi connectivity index (χ0n) is 20.6. The van der Waals surface area contributed by atoms with Gasteiger partial charge in [0.15, 0.2) is 0 Å². The molecule has 0 saturated carbocycles. The number of nitrogens with zero attached hydrogens (tertiary/aromatic N) is 1. The number of carbonyl (C=O) groups is 3. The lowest BCUT2D eigenvalue weighted by Crippen LogP contribution is -2.35. The van der Waals surface area contributed by atoms with Crippen molar-refractivity contribution in [3.05, 3.63) is 47.0 Å². The maximum absolute atomic E-state index is 13.3. The van der Waals surface area contributed by atoms with Gasteiger partial charge in [-0.05, 0) is 78.1 Å². The number of nitrogens with one attached hydrogen (secondary N) is 1. The second-order valence-electron chi connectivity index (χ2n) is 10.1. The van der Waals surface area contributed by atoms with Crippen LogP contribution in [0.1, 0.15) is 54.0 Å². The predicted octanol–water partition coefficient (Wildman–Crippen LogP) is 4.72. The first-order chi connectivity index (χ1) is 16.0. The third-order valence-corrected chi connectivity index (χ3v) is 7.67. The van der Waals surface area contributed by atoms with Crippen LogP contribution < -0.4 is 9.79 Å². The number of carbonyl (C=O) groups excluding carboxylic acids is 3. The van der Waals surface area contributed by atoms with E-state index in [1.54, 1.807) is 53.0 Å². The van der Waals surface area contributed by atoms with E-state index in [-0.39, 0.29) is 26.9 Å². The molecule has 0 saturated heterocycles. The van der Waals surface area contributed by atoms with Crippen LogP contribution in [0.4, 0.5) is 11.4 Å². The number of ether oxygens (including phenoxy) is 1. The molecule has 0 fully saturated rings. The van der Waals surface area contributed by atoms with Crippen LogP contribution in [0.5, 0.6) is 0 Å². The molecule has 0 bridgehead atoms. The van der Waals surface area contributed by atoms with Crippen LogP contribution in [0.2, 0.25) is 0 Å². The maximum atomic E-state index is 13.3. The Hall–Kier alpha value is -3.18. The van der Waals surface area contributed by atoms with E-state index in [1.807, 2.05) is 0 Å². The lowest BCUT2D eigenvalue weighted by atomic mass is 9.97. The molecule has 2 aromatic rings. The number of benzene rings is 1. The maximum Gasteiger partial charge on any atom is 0.338 e. The summed E-state index contributed by atoms with van der Waals surface area (Å²) in [5, 5.41) is 2.44. The Balaban J connectivity index is 2.08. The van der Waals surface area contributed by atoms with Crippen molar-refractivity contribution < 1.29 is 32.4 Å². The number of anilines is 2. The Morgan fingerprint density at radius 1 is 1.00 bits per heavy atom. The van der Waals surface area contributed by atoms with E-state index in [0.29, 0.717) is 5.56 Å².